The number of aromatic nitrogens is 2. The number of unbranched alkanes of at least 4 members (excludes halogenated alkanes) is 1. The molecule has 0 radical (unpaired) electrons. The van der Waals surface area contributed by atoms with Gasteiger partial charge in [0.15, 0.2) is 12.4 Å². The minimum Gasteiger partial charge on any atom is -0.340 e. The molecule has 0 aliphatic heterocycles. The van der Waals surface area contributed by atoms with E-state index in [4.69, 9.17) is 0 Å². The van der Waals surface area contributed by atoms with E-state index in [1.165, 1.54) is 40.2 Å². The predicted molar refractivity (Wildman–Crippen MR) is 100 cm³/mol. The molecule has 2 aromatic heterocycles. The fourth-order valence-electron chi connectivity index (χ4n) is 3.60. The number of hydrogen-bond acceptors (Lipinski definition) is 0. The SMILES string of the molecule is Cc1ccc[n+](CCCCn2c3ccccc3c3ccccc32)c1. The first-order valence-electron chi connectivity index (χ1n) is 8.74. The average molecular weight is 315 g/mol. The molecule has 0 atom stereocenters. The van der Waals surface area contributed by atoms with Gasteiger partial charge in [-0.05, 0) is 31.5 Å². The Labute approximate surface area is 143 Å². The number of benzene rings is 2. The fourth-order valence-corrected chi connectivity index (χ4v) is 3.60. The van der Waals surface area contributed by atoms with E-state index < -0.39 is 0 Å². The van der Waals surface area contributed by atoms with Crippen molar-refractivity contribution in [2.24, 2.45) is 0 Å². The van der Waals surface area contributed by atoms with E-state index in [0.717, 1.165) is 13.1 Å². The second-order valence-corrected chi connectivity index (χ2v) is 6.51. The first-order chi connectivity index (χ1) is 11.8. The third kappa shape index (κ3) is 2.80. The molecular weight excluding hydrogens is 292 g/mol. The van der Waals surface area contributed by atoms with Crippen molar-refractivity contribution in [3.63, 3.8) is 0 Å². The monoisotopic (exact) mass is 315 g/mol. The standard InChI is InChI=1S/C22H23N2/c1-18-9-8-15-23(17-18)14-6-7-16-24-21-12-4-2-10-19(21)20-11-3-5-13-22(20)24/h2-5,8-13,15,17H,6-7,14,16H2,1H3/q+1. The zero-order chi connectivity index (χ0) is 16.4. The minimum absolute atomic E-state index is 1.07. The van der Waals surface area contributed by atoms with Gasteiger partial charge < -0.3 is 4.57 Å². The molecule has 4 rings (SSSR count). The highest BCUT2D eigenvalue weighted by Gasteiger charge is 2.09. The number of fused-ring (bicyclic) bond motifs is 3. The summed E-state index contributed by atoms with van der Waals surface area (Å²) in [5, 5.41) is 2.72. The van der Waals surface area contributed by atoms with Crippen molar-refractivity contribution in [3.8, 4) is 0 Å². The maximum absolute atomic E-state index is 2.48. The van der Waals surface area contributed by atoms with Gasteiger partial charge in [-0.25, -0.2) is 4.57 Å². The summed E-state index contributed by atoms with van der Waals surface area (Å²) in [4.78, 5) is 0. The van der Waals surface area contributed by atoms with E-state index in [9.17, 15) is 0 Å². The Kier molecular flexibility index (Phi) is 4.04. The number of hydrogen-bond donors (Lipinski definition) is 0. The van der Waals surface area contributed by atoms with Crippen LogP contribution < -0.4 is 4.57 Å². The van der Waals surface area contributed by atoms with Gasteiger partial charge in [0.25, 0.3) is 0 Å². The van der Waals surface area contributed by atoms with E-state index in [1.807, 2.05) is 0 Å². The van der Waals surface area contributed by atoms with Crippen LogP contribution in [0.5, 0.6) is 0 Å². The summed E-state index contributed by atoms with van der Waals surface area (Å²) in [6.45, 7) is 4.30. The molecule has 2 aromatic carbocycles. The molecule has 24 heavy (non-hydrogen) atoms. The largest absolute Gasteiger partial charge is 0.340 e. The average Bonchev–Trinajstić information content (AvgIpc) is 2.93. The molecule has 4 aromatic rings. The van der Waals surface area contributed by atoms with Crippen LogP contribution in [0.15, 0.2) is 73.1 Å². The van der Waals surface area contributed by atoms with Crippen LogP contribution in [-0.4, -0.2) is 4.57 Å². The molecule has 2 heteroatoms. The lowest BCUT2D eigenvalue weighted by Gasteiger charge is -2.06. The van der Waals surface area contributed by atoms with Crippen molar-refractivity contribution in [2.75, 3.05) is 0 Å². The highest BCUT2D eigenvalue weighted by molar-refractivity contribution is 6.07. The van der Waals surface area contributed by atoms with Gasteiger partial charge in [0.05, 0.1) is 0 Å². The molecule has 0 bridgehead atoms. The highest BCUT2D eigenvalue weighted by atomic mass is 15.0. The second-order valence-electron chi connectivity index (χ2n) is 6.51. The molecular formula is C22H23N2+. The molecule has 2 heterocycles. The van der Waals surface area contributed by atoms with Gasteiger partial charge in [-0.3, -0.25) is 0 Å². The number of aryl methyl sites for hydroxylation is 3. The maximum atomic E-state index is 2.48. The Morgan fingerprint density at radius 2 is 1.46 bits per heavy atom. The molecule has 0 aliphatic carbocycles. The Morgan fingerprint density at radius 1 is 0.792 bits per heavy atom. The van der Waals surface area contributed by atoms with Gasteiger partial charge in [-0.15, -0.1) is 0 Å². The van der Waals surface area contributed by atoms with E-state index in [0.29, 0.717) is 0 Å². The third-order valence-corrected chi connectivity index (χ3v) is 4.73. The number of para-hydroxylation sites is 2. The quantitative estimate of drug-likeness (QED) is 0.367. The topological polar surface area (TPSA) is 8.81 Å². The normalized spacial score (nSPS) is 11.4. The number of pyridine rings is 1. The smallest absolute Gasteiger partial charge is 0.171 e. The Hall–Kier alpha value is -2.61. The summed E-state index contributed by atoms with van der Waals surface area (Å²) >= 11 is 0. The lowest BCUT2D eigenvalue weighted by molar-refractivity contribution is -0.697. The molecule has 0 aliphatic rings. The Balaban J connectivity index is 1.53. The third-order valence-electron chi connectivity index (χ3n) is 4.73. The molecule has 0 amide bonds. The van der Waals surface area contributed by atoms with Crippen molar-refractivity contribution in [2.45, 2.75) is 32.9 Å². The summed E-state index contributed by atoms with van der Waals surface area (Å²) in [7, 11) is 0. The minimum atomic E-state index is 1.07. The zero-order valence-electron chi connectivity index (χ0n) is 14.2. The highest BCUT2D eigenvalue weighted by Crippen LogP contribution is 2.28. The van der Waals surface area contributed by atoms with Gasteiger partial charge >= 0.3 is 0 Å². The molecule has 2 nitrogen and oxygen atoms in total. The predicted octanol–water partition coefficient (Wildman–Crippen LogP) is 4.87. The molecule has 120 valence electrons. The Morgan fingerprint density at radius 3 is 2.12 bits per heavy atom. The molecule has 0 unspecified atom stereocenters. The summed E-state index contributed by atoms with van der Waals surface area (Å²) in [6.07, 6.45) is 6.76. The van der Waals surface area contributed by atoms with Gasteiger partial charge in [0.2, 0.25) is 0 Å². The van der Waals surface area contributed by atoms with E-state index >= 15 is 0 Å². The van der Waals surface area contributed by atoms with E-state index in [2.05, 4.69) is 89.1 Å². The molecule has 0 spiro atoms. The van der Waals surface area contributed by atoms with Gasteiger partial charge in [0.1, 0.15) is 6.54 Å². The van der Waals surface area contributed by atoms with Crippen LogP contribution in [0.3, 0.4) is 0 Å². The Bertz CT molecular complexity index is 928. The maximum Gasteiger partial charge on any atom is 0.171 e. The van der Waals surface area contributed by atoms with Gasteiger partial charge in [-0.2, -0.15) is 0 Å². The second kappa shape index (κ2) is 6.48. The number of nitrogens with zero attached hydrogens (tertiary/aromatic N) is 2. The summed E-state index contributed by atoms with van der Waals surface area (Å²) in [6, 6.07) is 21.8. The first-order valence-corrected chi connectivity index (χ1v) is 8.74. The summed E-state index contributed by atoms with van der Waals surface area (Å²) in [5.74, 6) is 0. The van der Waals surface area contributed by atoms with Crippen molar-refractivity contribution >= 4 is 21.8 Å². The summed E-state index contributed by atoms with van der Waals surface area (Å²) in [5.41, 5.74) is 4.02. The first kappa shape index (κ1) is 14.9. The fraction of sp³-hybridized carbons (Fsp3) is 0.227. The molecule has 0 N–H and O–H groups in total. The lowest BCUT2D eigenvalue weighted by atomic mass is 10.2. The van der Waals surface area contributed by atoms with Crippen LogP contribution in [0, 0.1) is 6.92 Å². The van der Waals surface area contributed by atoms with Crippen LogP contribution in [0.2, 0.25) is 0 Å². The summed E-state index contributed by atoms with van der Waals surface area (Å²) < 4.78 is 4.77. The van der Waals surface area contributed by atoms with Crippen molar-refractivity contribution in [1.82, 2.24) is 4.57 Å². The molecule has 0 fully saturated rings. The van der Waals surface area contributed by atoms with Crippen LogP contribution in [0.1, 0.15) is 18.4 Å². The van der Waals surface area contributed by atoms with Crippen molar-refractivity contribution in [3.05, 3.63) is 78.6 Å². The van der Waals surface area contributed by atoms with Crippen LogP contribution >= 0.6 is 0 Å². The number of rotatable bonds is 5. The van der Waals surface area contributed by atoms with Crippen LogP contribution in [0.4, 0.5) is 0 Å². The van der Waals surface area contributed by atoms with Crippen LogP contribution in [0.25, 0.3) is 21.8 Å². The van der Waals surface area contributed by atoms with Crippen LogP contribution in [-0.2, 0) is 13.1 Å². The molecule has 0 saturated heterocycles. The molecule has 0 saturated carbocycles. The van der Waals surface area contributed by atoms with Gasteiger partial charge in [0, 0.05) is 46.4 Å². The van der Waals surface area contributed by atoms with E-state index in [1.54, 1.807) is 0 Å². The van der Waals surface area contributed by atoms with Crippen molar-refractivity contribution in [1.29, 1.82) is 0 Å². The van der Waals surface area contributed by atoms with E-state index in [-0.39, 0.29) is 0 Å². The zero-order valence-corrected chi connectivity index (χ0v) is 14.2. The van der Waals surface area contributed by atoms with Gasteiger partial charge in [-0.1, -0.05) is 36.4 Å². The van der Waals surface area contributed by atoms with Crippen molar-refractivity contribution < 1.29 is 4.57 Å². The lowest BCUT2D eigenvalue weighted by Crippen LogP contribution is -2.33.